The first-order chi connectivity index (χ1) is 21.9. The monoisotopic (exact) mass is 601 g/mol. The number of furan rings is 1. The molecule has 0 atom stereocenters. The number of fused-ring (bicyclic) bond motifs is 1. The molecule has 2 fully saturated rings. The minimum atomic E-state index is -0.234. The highest BCUT2D eigenvalue weighted by Gasteiger charge is 2.28. The van der Waals surface area contributed by atoms with Crippen molar-refractivity contribution in [1.29, 1.82) is 10.5 Å². The first kappa shape index (κ1) is 29.9. The number of rotatable bonds is 8. The van der Waals surface area contributed by atoms with Crippen LogP contribution in [0.15, 0.2) is 77.2 Å². The summed E-state index contributed by atoms with van der Waals surface area (Å²) in [4.78, 5) is 28.4. The fourth-order valence-corrected chi connectivity index (χ4v) is 6.16. The Balaban J connectivity index is 0.964. The van der Waals surface area contributed by atoms with E-state index in [9.17, 15) is 9.59 Å². The van der Waals surface area contributed by atoms with Gasteiger partial charge in [-0.1, -0.05) is 12.1 Å². The SMILES string of the molecule is N#Cc1ccc(CN2CCC(NC(=O)c3cc4cc(NC(=O)C5CCC(Oc6ccc(C#N)cc6)CC5)ccc4o3)CC2)cc1. The maximum absolute atomic E-state index is 13.0. The normalized spacial score (nSPS) is 18.9. The minimum absolute atomic E-state index is 0.0156. The largest absolute Gasteiger partial charge is 0.490 e. The summed E-state index contributed by atoms with van der Waals surface area (Å²) in [7, 11) is 0. The molecule has 1 saturated heterocycles. The maximum atomic E-state index is 13.0. The molecule has 1 aromatic heterocycles. The molecule has 0 spiro atoms. The summed E-state index contributed by atoms with van der Waals surface area (Å²) in [5.41, 5.74) is 3.70. The van der Waals surface area contributed by atoms with Crippen molar-refractivity contribution in [2.24, 2.45) is 5.92 Å². The maximum Gasteiger partial charge on any atom is 0.287 e. The summed E-state index contributed by atoms with van der Waals surface area (Å²) in [5, 5.41) is 24.9. The van der Waals surface area contributed by atoms with E-state index in [1.807, 2.05) is 42.5 Å². The highest BCUT2D eigenvalue weighted by molar-refractivity contribution is 5.98. The molecular formula is C36H35N5O4. The van der Waals surface area contributed by atoms with Gasteiger partial charge in [0, 0.05) is 42.7 Å². The number of carbonyl (C=O) groups is 2. The molecule has 0 unspecified atom stereocenters. The number of benzene rings is 3. The molecular weight excluding hydrogens is 566 g/mol. The Morgan fingerprint density at radius 2 is 1.51 bits per heavy atom. The van der Waals surface area contributed by atoms with Gasteiger partial charge < -0.3 is 19.8 Å². The number of nitrogens with zero attached hydrogens (tertiary/aromatic N) is 3. The second kappa shape index (κ2) is 13.7. The second-order valence-corrected chi connectivity index (χ2v) is 11.9. The molecule has 45 heavy (non-hydrogen) atoms. The number of carbonyl (C=O) groups excluding carboxylic acids is 2. The zero-order valence-electron chi connectivity index (χ0n) is 25.0. The molecule has 2 heterocycles. The fraction of sp³-hybridized carbons (Fsp3) is 0.333. The molecule has 2 N–H and O–H groups in total. The van der Waals surface area contributed by atoms with Gasteiger partial charge in [0.25, 0.3) is 5.91 Å². The van der Waals surface area contributed by atoms with Crippen molar-refractivity contribution in [2.75, 3.05) is 18.4 Å². The number of likely N-dealkylation sites (tertiary alicyclic amines) is 1. The first-order valence-electron chi connectivity index (χ1n) is 15.5. The molecule has 1 saturated carbocycles. The highest BCUT2D eigenvalue weighted by atomic mass is 16.5. The highest BCUT2D eigenvalue weighted by Crippen LogP contribution is 2.30. The van der Waals surface area contributed by atoms with Crippen LogP contribution in [0.2, 0.25) is 0 Å². The molecule has 2 amide bonds. The topological polar surface area (TPSA) is 131 Å². The van der Waals surface area contributed by atoms with E-state index in [0.29, 0.717) is 22.4 Å². The lowest BCUT2D eigenvalue weighted by atomic mass is 9.86. The third kappa shape index (κ3) is 7.52. The van der Waals surface area contributed by atoms with Crippen molar-refractivity contribution < 1.29 is 18.7 Å². The lowest BCUT2D eigenvalue weighted by Crippen LogP contribution is -2.44. The summed E-state index contributed by atoms with van der Waals surface area (Å²) in [6, 6.07) is 26.3. The van der Waals surface area contributed by atoms with Gasteiger partial charge in [0.05, 0.1) is 29.4 Å². The Kier molecular flexibility index (Phi) is 9.09. The van der Waals surface area contributed by atoms with Crippen LogP contribution in [-0.4, -0.2) is 41.9 Å². The van der Waals surface area contributed by atoms with Crippen molar-refractivity contribution in [3.05, 3.63) is 95.2 Å². The number of nitrogens with one attached hydrogen (secondary N) is 2. The van der Waals surface area contributed by atoms with Crippen LogP contribution in [0.25, 0.3) is 11.0 Å². The van der Waals surface area contributed by atoms with Gasteiger partial charge in [-0.15, -0.1) is 0 Å². The van der Waals surface area contributed by atoms with Gasteiger partial charge in [0.15, 0.2) is 5.76 Å². The van der Waals surface area contributed by atoms with Gasteiger partial charge in [-0.3, -0.25) is 14.5 Å². The van der Waals surface area contributed by atoms with E-state index >= 15 is 0 Å². The Labute approximate surface area is 262 Å². The number of hydrogen-bond acceptors (Lipinski definition) is 7. The number of amides is 2. The predicted octanol–water partition coefficient (Wildman–Crippen LogP) is 6.15. The van der Waals surface area contributed by atoms with Crippen LogP contribution in [0.5, 0.6) is 5.75 Å². The van der Waals surface area contributed by atoms with E-state index in [0.717, 1.165) is 69.3 Å². The number of nitriles is 2. The van der Waals surface area contributed by atoms with Crippen LogP contribution in [-0.2, 0) is 11.3 Å². The van der Waals surface area contributed by atoms with E-state index in [1.165, 1.54) is 5.56 Å². The number of piperidine rings is 1. The van der Waals surface area contributed by atoms with Gasteiger partial charge in [-0.05, 0) is 105 Å². The zero-order chi connectivity index (χ0) is 31.2. The quantitative estimate of drug-likeness (QED) is 0.248. The summed E-state index contributed by atoms with van der Waals surface area (Å²) in [6.07, 6.45) is 4.79. The summed E-state index contributed by atoms with van der Waals surface area (Å²) < 4.78 is 11.9. The molecule has 0 bridgehead atoms. The van der Waals surface area contributed by atoms with Crippen LogP contribution < -0.4 is 15.4 Å². The lowest BCUT2D eigenvalue weighted by Gasteiger charge is -2.32. The van der Waals surface area contributed by atoms with Crippen molar-refractivity contribution in [3.63, 3.8) is 0 Å². The van der Waals surface area contributed by atoms with Gasteiger partial charge in [-0.25, -0.2) is 0 Å². The third-order valence-electron chi connectivity index (χ3n) is 8.75. The van der Waals surface area contributed by atoms with Crippen molar-refractivity contribution in [3.8, 4) is 17.9 Å². The van der Waals surface area contributed by atoms with Crippen LogP contribution in [0, 0.1) is 28.6 Å². The van der Waals surface area contributed by atoms with Crippen LogP contribution in [0.4, 0.5) is 5.69 Å². The molecule has 9 heteroatoms. The average molecular weight is 602 g/mol. The molecule has 6 rings (SSSR count). The van der Waals surface area contributed by atoms with Crippen molar-refractivity contribution in [2.45, 2.75) is 57.2 Å². The standard InChI is InChI=1S/C36H35N5O4/c37-21-24-1-3-26(4-2-24)23-41-17-15-29(16-18-41)39-36(43)34-20-28-19-30(9-14-33(28)45-34)40-35(42)27-7-12-32(13-8-27)44-31-10-5-25(22-38)6-11-31/h1-6,9-11,14,19-20,27,29,32H,7-8,12-13,15-18,23H2,(H,39,43)(H,40,42). The third-order valence-corrected chi connectivity index (χ3v) is 8.75. The second-order valence-electron chi connectivity index (χ2n) is 11.9. The molecule has 0 radical (unpaired) electrons. The Bertz CT molecular complexity index is 1730. The van der Waals surface area contributed by atoms with Gasteiger partial charge in [0.1, 0.15) is 11.3 Å². The van der Waals surface area contributed by atoms with Crippen LogP contribution >= 0.6 is 0 Å². The van der Waals surface area contributed by atoms with Crippen molar-refractivity contribution in [1.82, 2.24) is 10.2 Å². The van der Waals surface area contributed by atoms with Crippen LogP contribution in [0.3, 0.4) is 0 Å². The fourth-order valence-electron chi connectivity index (χ4n) is 6.16. The Morgan fingerprint density at radius 1 is 0.844 bits per heavy atom. The molecule has 9 nitrogen and oxygen atoms in total. The summed E-state index contributed by atoms with van der Waals surface area (Å²) in [5.74, 6) is 0.655. The van der Waals surface area contributed by atoms with Gasteiger partial charge in [0.2, 0.25) is 5.91 Å². The van der Waals surface area contributed by atoms with E-state index in [1.54, 1.807) is 30.3 Å². The molecule has 1 aliphatic heterocycles. The molecule has 4 aromatic rings. The van der Waals surface area contributed by atoms with Gasteiger partial charge in [-0.2, -0.15) is 10.5 Å². The van der Waals surface area contributed by atoms with E-state index in [2.05, 4.69) is 27.7 Å². The van der Waals surface area contributed by atoms with E-state index in [-0.39, 0.29) is 35.6 Å². The van der Waals surface area contributed by atoms with E-state index in [4.69, 9.17) is 19.7 Å². The number of hydrogen-bond donors (Lipinski definition) is 2. The molecule has 2 aliphatic rings. The van der Waals surface area contributed by atoms with Gasteiger partial charge >= 0.3 is 0 Å². The molecule has 1 aliphatic carbocycles. The summed E-state index contributed by atoms with van der Waals surface area (Å²) in [6.45, 7) is 2.57. The summed E-state index contributed by atoms with van der Waals surface area (Å²) >= 11 is 0. The number of anilines is 1. The smallest absolute Gasteiger partial charge is 0.287 e. The average Bonchev–Trinajstić information content (AvgIpc) is 3.50. The van der Waals surface area contributed by atoms with Crippen molar-refractivity contribution >= 4 is 28.5 Å². The number of ether oxygens (including phenoxy) is 1. The lowest BCUT2D eigenvalue weighted by molar-refractivity contribution is -0.121. The Hall–Kier alpha value is -5.12. The zero-order valence-corrected chi connectivity index (χ0v) is 25.0. The minimum Gasteiger partial charge on any atom is -0.490 e. The Morgan fingerprint density at radius 3 is 2.18 bits per heavy atom. The molecule has 228 valence electrons. The predicted molar refractivity (Wildman–Crippen MR) is 169 cm³/mol. The molecule has 3 aromatic carbocycles. The van der Waals surface area contributed by atoms with E-state index < -0.39 is 0 Å². The van der Waals surface area contributed by atoms with Crippen LogP contribution in [0.1, 0.15) is 65.8 Å². The first-order valence-corrected chi connectivity index (χ1v) is 15.5.